The molecular formula is C17H27NO. The molecule has 2 nitrogen and oxygen atoms in total. The van der Waals surface area contributed by atoms with Crippen LogP contribution in [0.2, 0.25) is 0 Å². The van der Waals surface area contributed by atoms with E-state index in [2.05, 4.69) is 44.3 Å². The van der Waals surface area contributed by atoms with Gasteiger partial charge in [-0.15, -0.1) is 0 Å². The highest BCUT2D eigenvalue weighted by molar-refractivity contribution is 5.58. The molecule has 1 N–H and O–H groups in total. The zero-order valence-corrected chi connectivity index (χ0v) is 12.7. The number of hydrogen-bond acceptors (Lipinski definition) is 2. The normalized spacial score (nSPS) is 23.4. The van der Waals surface area contributed by atoms with Crippen LogP contribution in [0.5, 0.6) is 5.75 Å². The predicted molar refractivity (Wildman–Crippen MR) is 81.9 cm³/mol. The van der Waals surface area contributed by atoms with Gasteiger partial charge in [0.05, 0.1) is 12.8 Å². The number of aryl methyl sites for hydroxylation is 1. The summed E-state index contributed by atoms with van der Waals surface area (Å²) in [6.07, 6.45) is 5.30. The summed E-state index contributed by atoms with van der Waals surface area (Å²) in [6.45, 7) is 6.79. The molecule has 0 radical (unpaired) electrons. The van der Waals surface area contributed by atoms with Gasteiger partial charge in [-0.25, -0.2) is 0 Å². The lowest BCUT2D eigenvalue weighted by Gasteiger charge is -2.33. The minimum Gasteiger partial charge on any atom is -0.495 e. The molecule has 1 aliphatic rings. The Morgan fingerprint density at radius 2 is 2.05 bits per heavy atom. The first-order chi connectivity index (χ1) is 9.10. The van der Waals surface area contributed by atoms with Gasteiger partial charge in [0.15, 0.2) is 0 Å². The van der Waals surface area contributed by atoms with E-state index in [-0.39, 0.29) is 0 Å². The lowest BCUT2D eigenvalue weighted by molar-refractivity contribution is 0.264. The van der Waals surface area contributed by atoms with Crippen LogP contribution in [0.1, 0.15) is 45.1 Å². The van der Waals surface area contributed by atoms with E-state index in [9.17, 15) is 0 Å². The Hall–Kier alpha value is -1.18. The van der Waals surface area contributed by atoms with Crippen LogP contribution in [0.4, 0.5) is 5.69 Å². The van der Waals surface area contributed by atoms with E-state index in [4.69, 9.17) is 4.74 Å². The summed E-state index contributed by atoms with van der Waals surface area (Å²) in [5.41, 5.74) is 2.38. The highest BCUT2D eigenvalue weighted by Crippen LogP contribution is 2.33. The van der Waals surface area contributed by atoms with Crippen LogP contribution in [-0.4, -0.2) is 13.2 Å². The first-order valence-electron chi connectivity index (χ1n) is 7.51. The van der Waals surface area contributed by atoms with Gasteiger partial charge in [0.1, 0.15) is 5.75 Å². The predicted octanol–water partition coefficient (Wildman–Crippen LogP) is 4.63. The smallest absolute Gasteiger partial charge is 0.142 e. The van der Waals surface area contributed by atoms with Gasteiger partial charge in [-0.3, -0.25) is 0 Å². The van der Waals surface area contributed by atoms with Gasteiger partial charge in [0.2, 0.25) is 0 Å². The molecule has 1 aromatic rings. The lowest BCUT2D eigenvalue weighted by Crippen LogP contribution is -2.29. The molecule has 1 saturated carbocycles. The van der Waals surface area contributed by atoms with Gasteiger partial charge >= 0.3 is 0 Å². The minimum atomic E-state index is 0.595. The van der Waals surface area contributed by atoms with E-state index in [0.29, 0.717) is 6.04 Å². The van der Waals surface area contributed by atoms with Crippen LogP contribution in [0.25, 0.3) is 0 Å². The molecule has 2 heteroatoms. The van der Waals surface area contributed by atoms with Crippen molar-refractivity contribution in [3.05, 3.63) is 23.8 Å². The van der Waals surface area contributed by atoms with Gasteiger partial charge in [0.25, 0.3) is 0 Å². The van der Waals surface area contributed by atoms with Crippen molar-refractivity contribution < 1.29 is 4.74 Å². The maximum atomic E-state index is 5.48. The maximum Gasteiger partial charge on any atom is 0.142 e. The first kappa shape index (κ1) is 14.2. The summed E-state index contributed by atoms with van der Waals surface area (Å²) in [5, 5.41) is 3.69. The molecule has 0 aromatic heterocycles. The average molecular weight is 261 g/mol. The summed E-state index contributed by atoms with van der Waals surface area (Å²) in [6, 6.07) is 6.99. The summed E-state index contributed by atoms with van der Waals surface area (Å²) in [4.78, 5) is 0. The number of ether oxygens (including phenoxy) is 1. The Bertz CT molecular complexity index is 414. The minimum absolute atomic E-state index is 0.595. The summed E-state index contributed by atoms with van der Waals surface area (Å²) in [5.74, 6) is 2.62. The molecule has 1 aliphatic carbocycles. The third kappa shape index (κ3) is 3.65. The molecule has 2 rings (SSSR count). The van der Waals surface area contributed by atoms with E-state index in [1.807, 2.05) is 0 Å². The molecular weight excluding hydrogens is 234 g/mol. The van der Waals surface area contributed by atoms with Crippen molar-refractivity contribution in [3.63, 3.8) is 0 Å². The zero-order chi connectivity index (χ0) is 13.8. The fourth-order valence-electron chi connectivity index (χ4n) is 3.10. The van der Waals surface area contributed by atoms with Gasteiger partial charge in [-0.2, -0.15) is 0 Å². The van der Waals surface area contributed by atoms with Crippen molar-refractivity contribution in [1.82, 2.24) is 0 Å². The van der Waals surface area contributed by atoms with Gasteiger partial charge < -0.3 is 10.1 Å². The molecule has 0 saturated heterocycles. The highest BCUT2D eigenvalue weighted by atomic mass is 16.5. The second-order valence-corrected chi connectivity index (χ2v) is 6.22. The number of anilines is 1. The van der Waals surface area contributed by atoms with Crippen LogP contribution in [-0.2, 0) is 0 Å². The van der Waals surface area contributed by atoms with Crippen molar-refractivity contribution in [3.8, 4) is 5.75 Å². The number of nitrogens with one attached hydrogen (secondary N) is 1. The molecule has 0 aliphatic heterocycles. The van der Waals surface area contributed by atoms with Crippen molar-refractivity contribution in [2.45, 2.75) is 52.5 Å². The van der Waals surface area contributed by atoms with Crippen LogP contribution < -0.4 is 10.1 Å². The Labute approximate surface area is 117 Å². The quantitative estimate of drug-likeness (QED) is 0.853. The van der Waals surface area contributed by atoms with Crippen molar-refractivity contribution in [1.29, 1.82) is 0 Å². The molecule has 0 bridgehead atoms. The fourth-order valence-corrected chi connectivity index (χ4v) is 3.10. The molecule has 106 valence electrons. The Morgan fingerprint density at radius 3 is 2.74 bits per heavy atom. The Morgan fingerprint density at radius 1 is 1.26 bits per heavy atom. The van der Waals surface area contributed by atoms with Crippen molar-refractivity contribution >= 4 is 5.69 Å². The van der Waals surface area contributed by atoms with E-state index in [0.717, 1.165) is 23.3 Å². The lowest BCUT2D eigenvalue weighted by atomic mass is 9.79. The maximum absolute atomic E-state index is 5.48. The second-order valence-electron chi connectivity index (χ2n) is 6.22. The third-order valence-electron chi connectivity index (χ3n) is 4.37. The van der Waals surface area contributed by atoms with Gasteiger partial charge in [-0.1, -0.05) is 32.8 Å². The van der Waals surface area contributed by atoms with Crippen molar-refractivity contribution in [2.24, 2.45) is 11.8 Å². The van der Waals surface area contributed by atoms with Crippen LogP contribution in [0.15, 0.2) is 18.2 Å². The number of methoxy groups -OCH3 is 1. The Kier molecular flexibility index (Phi) is 4.73. The van der Waals surface area contributed by atoms with Crippen molar-refractivity contribution in [2.75, 3.05) is 12.4 Å². The summed E-state index contributed by atoms with van der Waals surface area (Å²) in [7, 11) is 1.75. The van der Waals surface area contributed by atoms with Crippen LogP contribution >= 0.6 is 0 Å². The average Bonchev–Trinajstić information content (AvgIpc) is 2.41. The molecule has 0 heterocycles. The van der Waals surface area contributed by atoms with E-state index >= 15 is 0 Å². The topological polar surface area (TPSA) is 21.3 Å². The molecule has 2 unspecified atom stereocenters. The SMILES string of the molecule is COc1cc(C)ccc1NC1CCCC(C(C)C)C1. The summed E-state index contributed by atoms with van der Waals surface area (Å²) < 4.78 is 5.48. The monoisotopic (exact) mass is 261 g/mol. The number of hydrogen-bond donors (Lipinski definition) is 1. The zero-order valence-electron chi connectivity index (χ0n) is 12.7. The summed E-state index contributed by atoms with van der Waals surface area (Å²) >= 11 is 0. The molecule has 1 aromatic carbocycles. The highest BCUT2D eigenvalue weighted by Gasteiger charge is 2.24. The fraction of sp³-hybridized carbons (Fsp3) is 0.647. The van der Waals surface area contributed by atoms with Crippen LogP contribution in [0.3, 0.4) is 0 Å². The largest absolute Gasteiger partial charge is 0.495 e. The van der Waals surface area contributed by atoms with Gasteiger partial charge in [0, 0.05) is 6.04 Å². The van der Waals surface area contributed by atoms with E-state index in [1.54, 1.807) is 7.11 Å². The Balaban J connectivity index is 2.04. The molecule has 0 amide bonds. The molecule has 1 fully saturated rings. The molecule has 0 spiro atoms. The van der Waals surface area contributed by atoms with E-state index < -0.39 is 0 Å². The standard InChI is InChI=1S/C17H27NO/c1-12(2)14-6-5-7-15(11-14)18-16-9-8-13(3)10-17(16)19-4/h8-10,12,14-15,18H,5-7,11H2,1-4H3. The van der Waals surface area contributed by atoms with Gasteiger partial charge in [-0.05, 0) is 49.3 Å². The number of benzene rings is 1. The number of rotatable bonds is 4. The van der Waals surface area contributed by atoms with Crippen LogP contribution in [0, 0.1) is 18.8 Å². The second kappa shape index (κ2) is 6.31. The van der Waals surface area contributed by atoms with E-state index in [1.165, 1.54) is 31.2 Å². The molecule has 19 heavy (non-hydrogen) atoms. The third-order valence-corrected chi connectivity index (χ3v) is 4.37. The first-order valence-corrected chi connectivity index (χ1v) is 7.51. The molecule has 2 atom stereocenters.